The van der Waals surface area contributed by atoms with Gasteiger partial charge in [0, 0.05) is 20.8 Å². The van der Waals surface area contributed by atoms with Gasteiger partial charge in [0.15, 0.2) is 0 Å². The van der Waals surface area contributed by atoms with E-state index in [0.717, 1.165) is 4.31 Å². The molecule has 2 N–H and O–H groups in total. The number of hydrogen-bond acceptors (Lipinski definition) is 6. The third kappa shape index (κ3) is 7.67. The molecule has 0 aliphatic carbocycles. The van der Waals surface area contributed by atoms with Gasteiger partial charge < -0.3 is 10.1 Å². The zero-order valence-electron chi connectivity index (χ0n) is 21.9. The second-order valence-electron chi connectivity index (χ2n) is 8.70. The van der Waals surface area contributed by atoms with Gasteiger partial charge >= 0.3 is 0 Å². The van der Waals surface area contributed by atoms with E-state index in [9.17, 15) is 21.6 Å². The van der Waals surface area contributed by atoms with Gasteiger partial charge in [0.1, 0.15) is 12.3 Å². The molecule has 220 valence electrons. The summed E-state index contributed by atoms with van der Waals surface area (Å²) in [6.45, 7) is 1.42. The van der Waals surface area contributed by atoms with Crippen molar-refractivity contribution < 1.29 is 26.4 Å². The second kappa shape index (κ2) is 13.2. The van der Waals surface area contributed by atoms with Crippen LogP contribution in [-0.2, 0) is 24.8 Å². The summed E-state index contributed by atoms with van der Waals surface area (Å²) in [5.74, 6) is -0.408. The molecule has 0 bridgehead atoms. The lowest BCUT2D eigenvalue weighted by atomic mass is 10.3. The summed E-state index contributed by atoms with van der Waals surface area (Å²) >= 11 is 17.8. The number of benzene rings is 4. The Kier molecular flexibility index (Phi) is 9.90. The van der Waals surface area contributed by atoms with E-state index in [1.165, 1.54) is 72.8 Å². The number of halogens is 3. The lowest BCUT2D eigenvalue weighted by Crippen LogP contribution is -2.38. The van der Waals surface area contributed by atoms with Crippen LogP contribution in [0.2, 0.25) is 15.1 Å². The van der Waals surface area contributed by atoms with Gasteiger partial charge in [-0.15, -0.1) is 0 Å². The maximum atomic E-state index is 13.7. The largest absolute Gasteiger partial charge is 0.492 e. The maximum Gasteiger partial charge on any atom is 0.264 e. The van der Waals surface area contributed by atoms with Crippen molar-refractivity contribution in [3.05, 3.63) is 106 Å². The van der Waals surface area contributed by atoms with Crippen LogP contribution in [0.15, 0.2) is 101 Å². The van der Waals surface area contributed by atoms with E-state index in [0.29, 0.717) is 5.02 Å². The first-order valence-corrected chi connectivity index (χ1v) is 16.3. The van der Waals surface area contributed by atoms with E-state index in [1.807, 2.05) is 0 Å². The third-order valence-electron chi connectivity index (χ3n) is 5.69. The highest BCUT2D eigenvalue weighted by atomic mass is 35.5. The Balaban J connectivity index is 1.57. The van der Waals surface area contributed by atoms with Crippen molar-refractivity contribution in [1.82, 2.24) is 0 Å². The molecule has 0 saturated carbocycles. The van der Waals surface area contributed by atoms with Crippen molar-refractivity contribution >= 4 is 77.8 Å². The van der Waals surface area contributed by atoms with Crippen LogP contribution in [0.3, 0.4) is 0 Å². The normalized spacial score (nSPS) is 11.5. The van der Waals surface area contributed by atoms with E-state index >= 15 is 0 Å². The minimum atomic E-state index is -4.23. The third-order valence-corrected chi connectivity index (χ3v) is 9.55. The van der Waals surface area contributed by atoms with Crippen molar-refractivity contribution in [2.45, 2.75) is 16.7 Å². The molecule has 1 amide bonds. The minimum Gasteiger partial charge on any atom is -0.492 e. The zero-order valence-corrected chi connectivity index (χ0v) is 25.8. The Bertz CT molecular complexity index is 1780. The van der Waals surface area contributed by atoms with Gasteiger partial charge in [-0.05, 0) is 85.8 Å². The van der Waals surface area contributed by atoms with Gasteiger partial charge in [0.25, 0.3) is 20.0 Å². The van der Waals surface area contributed by atoms with Gasteiger partial charge in [-0.3, -0.25) is 13.8 Å². The average molecular weight is 669 g/mol. The number of para-hydroxylation sites is 2. The molecule has 0 saturated heterocycles. The van der Waals surface area contributed by atoms with Gasteiger partial charge in [0.05, 0.1) is 27.8 Å². The Hall–Kier alpha value is -3.48. The molecule has 4 aromatic carbocycles. The number of ether oxygens (including phenoxy) is 1. The van der Waals surface area contributed by atoms with Crippen LogP contribution in [0.25, 0.3) is 0 Å². The second-order valence-corrected chi connectivity index (χ2v) is 13.6. The van der Waals surface area contributed by atoms with Crippen LogP contribution in [0, 0.1) is 0 Å². The Morgan fingerprint density at radius 1 is 0.762 bits per heavy atom. The van der Waals surface area contributed by atoms with Crippen LogP contribution < -0.4 is 19.1 Å². The molecule has 0 atom stereocenters. The highest BCUT2D eigenvalue weighted by molar-refractivity contribution is 7.93. The number of amides is 1. The van der Waals surface area contributed by atoms with E-state index in [4.69, 9.17) is 39.5 Å². The van der Waals surface area contributed by atoms with Gasteiger partial charge in [-0.25, -0.2) is 16.8 Å². The van der Waals surface area contributed by atoms with Crippen LogP contribution in [0.4, 0.5) is 17.1 Å². The van der Waals surface area contributed by atoms with Crippen molar-refractivity contribution in [3.63, 3.8) is 0 Å². The van der Waals surface area contributed by atoms with Crippen molar-refractivity contribution in [2.75, 3.05) is 27.5 Å². The highest BCUT2D eigenvalue weighted by Crippen LogP contribution is 2.33. The summed E-state index contributed by atoms with van der Waals surface area (Å²) in [5, 5.41) is 3.48. The molecule has 42 heavy (non-hydrogen) atoms. The Morgan fingerprint density at radius 2 is 1.36 bits per heavy atom. The fourth-order valence-electron chi connectivity index (χ4n) is 3.85. The molecule has 0 spiro atoms. The molecule has 14 heteroatoms. The van der Waals surface area contributed by atoms with Crippen molar-refractivity contribution in [3.8, 4) is 5.75 Å². The zero-order chi connectivity index (χ0) is 30.5. The first-order valence-electron chi connectivity index (χ1n) is 12.3. The molecule has 9 nitrogen and oxygen atoms in total. The van der Waals surface area contributed by atoms with Crippen molar-refractivity contribution in [2.24, 2.45) is 0 Å². The molecule has 4 aromatic rings. The monoisotopic (exact) mass is 667 g/mol. The minimum absolute atomic E-state index is 0.0750. The average Bonchev–Trinajstić information content (AvgIpc) is 2.92. The fourth-order valence-corrected chi connectivity index (χ4v) is 6.97. The molecular formula is C28H24Cl3N3O6S2. The molecule has 0 unspecified atom stereocenters. The molecule has 0 fully saturated rings. The van der Waals surface area contributed by atoms with Gasteiger partial charge in [-0.2, -0.15) is 0 Å². The maximum absolute atomic E-state index is 13.7. The first-order chi connectivity index (χ1) is 19.9. The van der Waals surface area contributed by atoms with Crippen molar-refractivity contribution in [1.29, 1.82) is 0 Å². The number of carbonyl (C=O) groups excluding carboxylic acids is 1. The molecular weight excluding hydrogens is 645 g/mol. The molecule has 0 aromatic heterocycles. The Morgan fingerprint density at radius 3 is 1.98 bits per heavy atom. The van der Waals surface area contributed by atoms with Crippen LogP contribution in [-0.4, -0.2) is 35.9 Å². The Labute approximate surface area is 259 Å². The molecule has 0 radical (unpaired) electrons. The van der Waals surface area contributed by atoms with Gasteiger partial charge in [-0.1, -0.05) is 46.9 Å². The lowest BCUT2D eigenvalue weighted by molar-refractivity contribution is -0.114. The molecule has 0 aliphatic rings. The first kappa shape index (κ1) is 31.5. The summed E-state index contributed by atoms with van der Waals surface area (Å²) in [6, 6.07) is 21.6. The smallest absolute Gasteiger partial charge is 0.264 e. The number of nitrogens with one attached hydrogen (secondary N) is 2. The highest BCUT2D eigenvalue weighted by Gasteiger charge is 2.29. The summed E-state index contributed by atoms with van der Waals surface area (Å²) in [6.07, 6.45) is 0. The summed E-state index contributed by atoms with van der Waals surface area (Å²) in [4.78, 5) is 13.0. The van der Waals surface area contributed by atoms with Crippen LogP contribution in [0.5, 0.6) is 5.75 Å². The van der Waals surface area contributed by atoms with Gasteiger partial charge in [0.2, 0.25) is 5.91 Å². The quantitative estimate of drug-likeness (QED) is 0.184. The summed E-state index contributed by atoms with van der Waals surface area (Å²) in [5.41, 5.74) is 0.587. The van der Waals surface area contributed by atoms with Crippen LogP contribution >= 0.6 is 34.8 Å². The summed E-state index contributed by atoms with van der Waals surface area (Å²) in [7, 11) is -8.23. The number of sulfonamides is 2. The molecule has 0 heterocycles. The van der Waals surface area contributed by atoms with E-state index in [-0.39, 0.29) is 49.3 Å². The molecule has 0 aliphatic heterocycles. The summed E-state index contributed by atoms with van der Waals surface area (Å²) < 4.78 is 62.0. The standard InChI is InChI=1S/C28H24Cl3N3O6S2/c1-2-40-27-6-4-3-5-26(27)34(42(38,39)25-11-7-19(29)8-12-25)18-28(35)32-22-9-13-24(14-10-22)41(36,37)33-23-16-20(30)15-21(31)17-23/h3-17,33H,2,18H2,1H3,(H,32,35). The number of hydrogen-bond donors (Lipinski definition) is 2. The number of rotatable bonds is 11. The van der Waals surface area contributed by atoms with Crippen LogP contribution in [0.1, 0.15) is 6.92 Å². The number of anilines is 3. The predicted octanol–water partition coefficient (Wildman–Crippen LogP) is 6.68. The number of nitrogens with zero attached hydrogens (tertiary/aromatic N) is 1. The topological polar surface area (TPSA) is 122 Å². The predicted molar refractivity (Wildman–Crippen MR) is 166 cm³/mol. The van der Waals surface area contributed by atoms with E-state index < -0.39 is 32.5 Å². The number of carbonyl (C=O) groups is 1. The lowest BCUT2D eigenvalue weighted by Gasteiger charge is -2.26. The SMILES string of the molecule is CCOc1ccccc1N(CC(=O)Nc1ccc(S(=O)(=O)Nc2cc(Cl)cc(Cl)c2)cc1)S(=O)(=O)c1ccc(Cl)cc1. The van der Waals surface area contributed by atoms with E-state index in [2.05, 4.69) is 10.0 Å². The molecule has 4 rings (SSSR count). The fraction of sp³-hybridized carbons (Fsp3) is 0.107. The van der Waals surface area contributed by atoms with E-state index in [1.54, 1.807) is 25.1 Å².